The molecule has 0 bridgehead atoms. The van der Waals surface area contributed by atoms with Gasteiger partial charge in [0.15, 0.2) is 0 Å². The van der Waals surface area contributed by atoms with Crippen LogP contribution in [-0.2, 0) is 9.47 Å². The van der Waals surface area contributed by atoms with Gasteiger partial charge in [-0.2, -0.15) is 0 Å². The summed E-state index contributed by atoms with van der Waals surface area (Å²) in [5.74, 6) is 0. The van der Waals surface area contributed by atoms with Crippen LogP contribution in [0, 0.1) is 0 Å². The highest BCUT2D eigenvalue weighted by Gasteiger charge is 1.92. The van der Waals surface area contributed by atoms with Crippen molar-refractivity contribution in [2.75, 3.05) is 26.9 Å². The smallest absolute Gasteiger partial charge is 0.0466 e. The highest BCUT2D eigenvalue weighted by Crippen LogP contribution is 2.05. The first-order chi connectivity index (χ1) is 7.41. The average molecular weight is 216 g/mol. The number of hydrogen-bond acceptors (Lipinski definition) is 2. The minimum Gasteiger partial charge on any atom is -0.385 e. The zero-order valence-corrected chi connectivity index (χ0v) is 10.6. The molecule has 0 aliphatic heterocycles. The van der Waals surface area contributed by atoms with E-state index >= 15 is 0 Å². The maximum Gasteiger partial charge on any atom is 0.0466 e. The van der Waals surface area contributed by atoms with E-state index in [1.165, 1.54) is 51.4 Å². The van der Waals surface area contributed by atoms with Crippen molar-refractivity contribution in [1.82, 2.24) is 0 Å². The van der Waals surface area contributed by atoms with Gasteiger partial charge in [0.2, 0.25) is 0 Å². The van der Waals surface area contributed by atoms with Crippen LogP contribution in [0.3, 0.4) is 0 Å². The van der Waals surface area contributed by atoms with Crippen LogP contribution in [0.25, 0.3) is 0 Å². The third-order valence-corrected chi connectivity index (χ3v) is 2.53. The van der Waals surface area contributed by atoms with Crippen LogP contribution in [0.5, 0.6) is 0 Å². The molecule has 0 aliphatic rings. The highest BCUT2D eigenvalue weighted by molar-refractivity contribution is 4.45. The maximum atomic E-state index is 5.50. The van der Waals surface area contributed by atoms with Gasteiger partial charge in [-0.1, -0.05) is 39.0 Å². The Balaban J connectivity index is 2.81. The van der Waals surface area contributed by atoms with E-state index in [0.29, 0.717) is 0 Å². The molecule has 0 heterocycles. The Hall–Kier alpha value is -0.0800. The summed E-state index contributed by atoms with van der Waals surface area (Å²) < 4.78 is 10.5. The zero-order chi connectivity index (χ0) is 11.2. The minimum atomic E-state index is 0.917. The molecule has 0 spiro atoms. The molecule has 0 rings (SSSR count). The van der Waals surface area contributed by atoms with E-state index in [4.69, 9.17) is 9.47 Å². The zero-order valence-electron chi connectivity index (χ0n) is 10.6. The van der Waals surface area contributed by atoms with Crippen LogP contribution in [0.4, 0.5) is 0 Å². The largest absolute Gasteiger partial charge is 0.385 e. The highest BCUT2D eigenvalue weighted by atomic mass is 16.5. The monoisotopic (exact) mass is 216 g/mol. The number of hydrogen-bond donors (Lipinski definition) is 0. The van der Waals surface area contributed by atoms with Gasteiger partial charge < -0.3 is 9.47 Å². The van der Waals surface area contributed by atoms with Gasteiger partial charge in [0.1, 0.15) is 0 Å². The van der Waals surface area contributed by atoms with Crippen LogP contribution in [0.1, 0.15) is 58.3 Å². The van der Waals surface area contributed by atoms with Gasteiger partial charge in [0, 0.05) is 26.9 Å². The second kappa shape index (κ2) is 13.9. The second-order valence-corrected chi connectivity index (χ2v) is 4.08. The number of rotatable bonds is 12. The van der Waals surface area contributed by atoms with E-state index in [-0.39, 0.29) is 0 Å². The van der Waals surface area contributed by atoms with Gasteiger partial charge in [-0.3, -0.25) is 0 Å². The van der Waals surface area contributed by atoms with Crippen molar-refractivity contribution < 1.29 is 9.47 Å². The molecule has 0 saturated carbocycles. The van der Waals surface area contributed by atoms with E-state index in [9.17, 15) is 0 Å². The molecule has 0 atom stereocenters. The van der Waals surface area contributed by atoms with E-state index in [1.807, 2.05) is 0 Å². The molecule has 15 heavy (non-hydrogen) atoms. The van der Waals surface area contributed by atoms with Crippen LogP contribution in [-0.4, -0.2) is 26.9 Å². The van der Waals surface area contributed by atoms with Crippen molar-refractivity contribution in [1.29, 1.82) is 0 Å². The van der Waals surface area contributed by atoms with Crippen molar-refractivity contribution in [3.05, 3.63) is 0 Å². The molecule has 92 valence electrons. The quantitative estimate of drug-likeness (QED) is 0.462. The molecule has 0 fully saturated rings. The Morgan fingerprint density at radius 3 is 1.80 bits per heavy atom. The summed E-state index contributed by atoms with van der Waals surface area (Å²) in [6.45, 7) is 5.02. The fourth-order valence-corrected chi connectivity index (χ4v) is 1.51. The number of unbranched alkanes of at least 4 members (excludes halogenated alkanes) is 6. The third kappa shape index (κ3) is 13.9. The molecule has 0 unspecified atom stereocenters. The van der Waals surface area contributed by atoms with Crippen molar-refractivity contribution in [2.24, 2.45) is 0 Å². The van der Waals surface area contributed by atoms with Crippen molar-refractivity contribution in [3.8, 4) is 0 Å². The summed E-state index contributed by atoms with van der Waals surface area (Å²) in [6.07, 6.45) is 10.2. The van der Waals surface area contributed by atoms with E-state index in [0.717, 1.165) is 19.8 Å². The Morgan fingerprint density at radius 2 is 1.20 bits per heavy atom. The van der Waals surface area contributed by atoms with Crippen LogP contribution in [0.2, 0.25) is 0 Å². The topological polar surface area (TPSA) is 18.5 Å². The van der Waals surface area contributed by atoms with Gasteiger partial charge in [0.05, 0.1) is 0 Å². The molecule has 2 nitrogen and oxygen atoms in total. The Kier molecular flexibility index (Phi) is 13.8. The number of methoxy groups -OCH3 is 1. The lowest BCUT2D eigenvalue weighted by Crippen LogP contribution is -1.96. The molecular formula is C13H28O2. The number of ether oxygens (including phenoxy) is 2. The summed E-state index contributed by atoms with van der Waals surface area (Å²) in [5.41, 5.74) is 0. The molecule has 0 amide bonds. The summed E-state index contributed by atoms with van der Waals surface area (Å²) in [6, 6.07) is 0. The lowest BCUT2D eigenvalue weighted by Gasteiger charge is -2.03. The predicted molar refractivity (Wildman–Crippen MR) is 65.3 cm³/mol. The van der Waals surface area contributed by atoms with Gasteiger partial charge in [-0.05, 0) is 19.3 Å². The molecular weight excluding hydrogens is 188 g/mol. The van der Waals surface area contributed by atoms with Gasteiger partial charge in [-0.25, -0.2) is 0 Å². The molecule has 0 N–H and O–H groups in total. The second-order valence-electron chi connectivity index (χ2n) is 4.08. The third-order valence-electron chi connectivity index (χ3n) is 2.53. The molecule has 0 radical (unpaired) electrons. The lowest BCUT2D eigenvalue weighted by molar-refractivity contribution is 0.127. The Morgan fingerprint density at radius 1 is 0.667 bits per heavy atom. The normalized spacial score (nSPS) is 10.8. The van der Waals surface area contributed by atoms with Crippen molar-refractivity contribution in [3.63, 3.8) is 0 Å². The SMILES string of the molecule is CCCCOCCCCCCCCOC. The average Bonchev–Trinajstić information content (AvgIpc) is 2.26. The fourth-order valence-electron chi connectivity index (χ4n) is 1.51. The molecule has 0 aromatic heterocycles. The summed E-state index contributed by atoms with van der Waals surface area (Å²) in [5, 5.41) is 0. The van der Waals surface area contributed by atoms with Crippen LogP contribution in [0.15, 0.2) is 0 Å². The molecule has 0 saturated heterocycles. The maximum absolute atomic E-state index is 5.50. The van der Waals surface area contributed by atoms with Crippen molar-refractivity contribution in [2.45, 2.75) is 58.3 Å². The molecule has 0 aromatic rings. The standard InChI is InChI=1S/C13H28O2/c1-3-4-12-15-13-10-8-6-5-7-9-11-14-2/h3-13H2,1-2H3. The molecule has 0 aromatic carbocycles. The summed E-state index contributed by atoms with van der Waals surface area (Å²) in [4.78, 5) is 0. The predicted octanol–water partition coefficient (Wildman–Crippen LogP) is 3.79. The van der Waals surface area contributed by atoms with E-state index in [2.05, 4.69) is 6.92 Å². The fraction of sp³-hybridized carbons (Fsp3) is 1.00. The molecule has 0 aliphatic carbocycles. The van der Waals surface area contributed by atoms with Gasteiger partial charge >= 0.3 is 0 Å². The minimum absolute atomic E-state index is 0.917. The summed E-state index contributed by atoms with van der Waals surface area (Å²) in [7, 11) is 1.77. The molecule has 2 heteroatoms. The van der Waals surface area contributed by atoms with Gasteiger partial charge in [0.25, 0.3) is 0 Å². The Bertz CT molecular complexity index is 92.7. The Labute approximate surface area is 95.3 Å². The summed E-state index contributed by atoms with van der Waals surface area (Å²) >= 11 is 0. The first kappa shape index (κ1) is 14.9. The van der Waals surface area contributed by atoms with Crippen molar-refractivity contribution >= 4 is 0 Å². The van der Waals surface area contributed by atoms with Gasteiger partial charge in [-0.15, -0.1) is 0 Å². The van der Waals surface area contributed by atoms with Crippen LogP contribution >= 0.6 is 0 Å². The van der Waals surface area contributed by atoms with E-state index in [1.54, 1.807) is 7.11 Å². The van der Waals surface area contributed by atoms with Crippen LogP contribution < -0.4 is 0 Å². The lowest BCUT2D eigenvalue weighted by atomic mass is 10.1. The first-order valence-electron chi connectivity index (χ1n) is 6.48. The first-order valence-corrected chi connectivity index (χ1v) is 6.48. The van der Waals surface area contributed by atoms with E-state index < -0.39 is 0 Å².